The van der Waals surface area contributed by atoms with Gasteiger partial charge in [-0.1, -0.05) is 55.7 Å². The van der Waals surface area contributed by atoms with Gasteiger partial charge >= 0.3 is 0 Å². The Kier molecular flexibility index (Phi) is 7.33. The van der Waals surface area contributed by atoms with E-state index in [-0.39, 0.29) is 0 Å². The average Bonchev–Trinajstić information content (AvgIpc) is 3.12. The van der Waals surface area contributed by atoms with Crippen molar-refractivity contribution in [2.24, 2.45) is 5.41 Å². The van der Waals surface area contributed by atoms with Gasteiger partial charge in [-0.3, -0.25) is 9.80 Å². The van der Waals surface area contributed by atoms with Gasteiger partial charge in [-0.2, -0.15) is 0 Å². The molecule has 1 saturated carbocycles. The van der Waals surface area contributed by atoms with E-state index in [1.165, 1.54) is 94.2 Å². The van der Waals surface area contributed by atoms with Crippen molar-refractivity contribution in [2.75, 3.05) is 39.8 Å². The zero-order valence-electron chi connectivity index (χ0n) is 19.5. The summed E-state index contributed by atoms with van der Waals surface area (Å²) in [4.78, 5) is 7.90. The number of likely N-dealkylation sites (N-methyl/N-ethyl adjacent to an activating group) is 1. The zero-order chi connectivity index (χ0) is 21.0. The molecular weight excluding hydrogens is 366 g/mol. The first-order valence-corrected chi connectivity index (χ1v) is 12.4. The highest BCUT2D eigenvalue weighted by molar-refractivity contribution is 5.23. The van der Waals surface area contributed by atoms with E-state index >= 15 is 0 Å². The molecule has 1 aromatic carbocycles. The molecule has 0 atom stereocenters. The summed E-state index contributed by atoms with van der Waals surface area (Å²) in [5.74, 6) is 0. The summed E-state index contributed by atoms with van der Waals surface area (Å²) in [6.45, 7) is 14.5. The van der Waals surface area contributed by atoms with Gasteiger partial charge < -0.3 is 4.90 Å². The van der Waals surface area contributed by atoms with E-state index in [0.29, 0.717) is 5.41 Å². The Hall–Kier alpha value is -1.16. The van der Waals surface area contributed by atoms with Crippen molar-refractivity contribution in [2.45, 2.75) is 77.4 Å². The van der Waals surface area contributed by atoms with Crippen LogP contribution in [0.2, 0.25) is 0 Å². The standard InChI is InChI=1S/C27H43N3/c1-23(2)19-28(3)20-24-9-11-25(12-10-24)21-29-16-13-27(22-29)14-17-30(18-15-27)26-7-5-4-6-8-26/h9-12,26H,1,4-8,13-22H2,2-3H3. The normalized spacial score (nSPS) is 23.4. The molecule has 2 aliphatic heterocycles. The third kappa shape index (κ3) is 5.75. The number of piperidine rings is 1. The van der Waals surface area contributed by atoms with E-state index in [1.54, 1.807) is 0 Å². The van der Waals surface area contributed by atoms with Crippen LogP contribution in [-0.4, -0.2) is 60.5 Å². The number of hydrogen-bond donors (Lipinski definition) is 0. The summed E-state index contributed by atoms with van der Waals surface area (Å²) in [6, 6.07) is 10.2. The maximum atomic E-state index is 4.02. The van der Waals surface area contributed by atoms with Crippen molar-refractivity contribution in [1.29, 1.82) is 0 Å². The largest absolute Gasteiger partial charge is 0.300 e. The molecule has 3 aliphatic rings. The Morgan fingerprint density at radius 2 is 1.63 bits per heavy atom. The SMILES string of the molecule is C=C(C)CN(C)Cc1ccc(CN2CCC3(CCN(C4CCCCC4)CC3)C2)cc1. The molecule has 3 fully saturated rings. The number of hydrogen-bond acceptors (Lipinski definition) is 3. The Bertz CT molecular complexity index is 681. The molecule has 1 aliphatic carbocycles. The van der Waals surface area contributed by atoms with Gasteiger partial charge in [0.15, 0.2) is 0 Å². The fourth-order valence-electron chi connectivity index (χ4n) is 6.22. The van der Waals surface area contributed by atoms with Crippen LogP contribution < -0.4 is 0 Å². The minimum atomic E-state index is 0.608. The molecule has 30 heavy (non-hydrogen) atoms. The van der Waals surface area contributed by atoms with Crippen molar-refractivity contribution in [3.8, 4) is 0 Å². The fourth-order valence-corrected chi connectivity index (χ4v) is 6.22. The molecule has 3 heteroatoms. The minimum Gasteiger partial charge on any atom is -0.300 e. The predicted molar refractivity (Wildman–Crippen MR) is 128 cm³/mol. The zero-order valence-corrected chi connectivity index (χ0v) is 19.5. The van der Waals surface area contributed by atoms with Crippen LogP contribution in [0.4, 0.5) is 0 Å². The molecule has 1 spiro atoms. The van der Waals surface area contributed by atoms with Crippen LogP contribution in [0.25, 0.3) is 0 Å². The minimum absolute atomic E-state index is 0.608. The monoisotopic (exact) mass is 409 g/mol. The molecule has 4 rings (SSSR count). The molecule has 0 radical (unpaired) electrons. The van der Waals surface area contributed by atoms with Crippen LogP contribution in [0.1, 0.15) is 69.4 Å². The van der Waals surface area contributed by atoms with Crippen LogP contribution in [0.15, 0.2) is 36.4 Å². The molecule has 0 amide bonds. The molecule has 0 unspecified atom stereocenters. The lowest BCUT2D eigenvalue weighted by molar-refractivity contribution is 0.0615. The van der Waals surface area contributed by atoms with Gasteiger partial charge in [0.2, 0.25) is 0 Å². The lowest BCUT2D eigenvalue weighted by Crippen LogP contribution is -2.46. The van der Waals surface area contributed by atoms with E-state index in [9.17, 15) is 0 Å². The van der Waals surface area contributed by atoms with Crippen molar-refractivity contribution < 1.29 is 0 Å². The Morgan fingerprint density at radius 3 is 2.30 bits per heavy atom. The lowest BCUT2D eigenvalue weighted by Gasteiger charge is -2.43. The first kappa shape index (κ1) is 22.0. The molecule has 1 aromatic rings. The predicted octanol–water partition coefficient (Wildman–Crippen LogP) is 5.32. The summed E-state index contributed by atoms with van der Waals surface area (Å²) in [7, 11) is 2.17. The van der Waals surface area contributed by atoms with Crippen LogP contribution >= 0.6 is 0 Å². The van der Waals surface area contributed by atoms with E-state index in [2.05, 4.69) is 59.5 Å². The second-order valence-corrected chi connectivity index (χ2v) is 10.7. The van der Waals surface area contributed by atoms with Crippen molar-refractivity contribution in [3.63, 3.8) is 0 Å². The first-order valence-electron chi connectivity index (χ1n) is 12.4. The Labute approximate surface area is 185 Å². The Balaban J connectivity index is 1.23. The fraction of sp³-hybridized carbons (Fsp3) is 0.704. The number of rotatable bonds is 7. The summed E-state index contributed by atoms with van der Waals surface area (Å²) in [5.41, 5.74) is 4.70. The highest BCUT2D eigenvalue weighted by Gasteiger charge is 2.41. The van der Waals surface area contributed by atoms with Gasteiger partial charge in [0.05, 0.1) is 0 Å². The van der Waals surface area contributed by atoms with Gasteiger partial charge in [-0.15, -0.1) is 0 Å². The third-order valence-electron chi connectivity index (χ3n) is 7.89. The second-order valence-electron chi connectivity index (χ2n) is 10.7. The van der Waals surface area contributed by atoms with Gasteiger partial charge in [0.25, 0.3) is 0 Å². The molecule has 0 aromatic heterocycles. The van der Waals surface area contributed by atoms with Crippen molar-refractivity contribution in [3.05, 3.63) is 47.5 Å². The van der Waals surface area contributed by atoms with Crippen molar-refractivity contribution >= 4 is 0 Å². The topological polar surface area (TPSA) is 9.72 Å². The van der Waals surface area contributed by atoms with Crippen LogP contribution in [-0.2, 0) is 13.1 Å². The van der Waals surface area contributed by atoms with E-state index in [1.807, 2.05) is 0 Å². The second kappa shape index (κ2) is 9.97. The van der Waals surface area contributed by atoms with Gasteiger partial charge in [-0.05, 0) is 82.3 Å². The van der Waals surface area contributed by atoms with Gasteiger partial charge in [0, 0.05) is 32.2 Å². The number of likely N-dealkylation sites (tertiary alicyclic amines) is 2. The summed E-state index contributed by atoms with van der Waals surface area (Å²) < 4.78 is 0. The summed E-state index contributed by atoms with van der Waals surface area (Å²) in [6.07, 6.45) is 11.6. The third-order valence-corrected chi connectivity index (χ3v) is 7.89. The van der Waals surface area contributed by atoms with Crippen LogP contribution in [0.5, 0.6) is 0 Å². The molecule has 2 saturated heterocycles. The molecule has 166 valence electrons. The van der Waals surface area contributed by atoms with E-state index < -0.39 is 0 Å². The molecule has 0 bridgehead atoms. The summed E-state index contributed by atoms with van der Waals surface area (Å²) in [5, 5.41) is 0. The maximum Gasteiger partial charge on any atom is 0.0234 e. The Morgan fingerprint density at radius 1 is 1.00 bits per heavy atom. The molecule has 3 nitrogen and oxygen atoms in total. The lowest BCUT2D eigenvalue weighted by atomic mass is 9.77. The smallest absolute Gasteiger partial charge is 0.0234 e. The molecular formula is C27H43N3. The maximum absolute atomic E-state index is 4.02. The number of benzene rings is 1. The quantitative estimate of drug-likeness (QED) is 0.565. The van der Waals surface area contributed by atoms with Crippen LogP contribution in [0.3, 0.4) is 0 Å². The van der Waals surface area contributed by atoms with Crippen molar-refractivity contribution in [1.82, 2.24) is 14.7 Å². The van der Waals surface area contributed by atoms with Crippen LogP contribution in [0, 0.1) is 5.41 Å². The van der Waals surface area contributed by atoms with Gasteiger partial charge in [0.1, 0.15) is 0 Å². The molecule has 2 heterocycles. The summed E-state index contributed by atoms with van der Waals surface area (Å²) >= 11 is 0. The van der Waals surface area contributed by atoms with E-state index in [4.69, 9.17) is 0 Å². The first-order chi connectivity index (χ1) is 14.5. The highest BCUT2D eigenvalue weighted by Crippen LogP contribution is 2.42. The average molecular weight is 410 g/mol. The number of nitrogens with zero attached hydrogens (tertiary/aromatic N) is 3. The van der Waals surface area contributed by atoms with E-state index in [0.717, 1.165) is 25.7 Å². The van der Waals surface area contributed by atoms with Gasteiger partial charge in [-0.25, -0.2) is 0 Å². The molecule has 0 N–H and O–H groups in total. The highest BCUT2D eigenvalue weighted by atomic mass is 15.2.